The number of hydrogen-bond acceptors (Lipinski definition) is 2. The van der Waals surface area contributed by atoms with Gasteiger partial charge in [-0.1, -0.05) is 44.2 Å². The Bertz CT molecular complexity index is 486. The van der Waals surface area contributed by atoms with Gasteiger partial charge in [0.2, 0.25) is 0 Å². The highest BCUT2D eigenvalue weighted by Crippen LogP contribution is 2.58. The lowest BCUT2D eigenvalue weighted by Gasteiger charge is -2.15. The molecule has 1 aliphatic rings. The summed E-state index contributed by atoms with van der Waals surface area (Å²) in [7, 11) is 0. The zero-order valence-corrected chi connectivity index (χ0v) is 14.1. The molecule has 2 nitrogen and oxygen atoms in total. The van der Waals surface area contributed by atoms with Crippen LogP contribution in [-0.2, 0) is 9.47 Å². The van der Waals surface area contributed by atoms with Crippen LogP contribution in [0.5, 0.6) is 0 Å². The molecule has 21 heavy (non-hydrogen) atoms. The predicted octanol–water partition coefficient (Wildman–Crippen LogP) is 4.90. The van der Waals surface area contributed by atoms with Crippen LogP contribution in [0.4, 0.5) is 0 Å². The van der Waals surface area contributed by atoms with Crippen molar-refractivity contribution in [2.45, 2.75) is 59.9 Å². The molecule has 0 saturated heterocycles. The van der Waals surface area contributed by atoms with Crippen LogP contribution in [0.25, 0.3) is 6.08 Å². The van der Waals surface area contributed by atoms with E-state index in [0.29, 0.717) is 5.92 Å². The Kier molecular flexibility index (Phi) is 4.77. The van der Waals surface area contributed by atoms with Gasteiger partial charge in [-0.3, -0.25) is 0 Å². The highest BCUT2D eigenvalue weighted by Gasteiger charge is 2.62. The number of benzene rings is 1. The lowest BCUT2D eigenvalue weighted by atomic mass is 10.1. The quantitative estimate of drug-likeness (QED) is 0.693. The summed E-state index contributed by atoms with van der Waals surface area (Å²) in [6.45, 7) is 12.9. The van der Waals surface area contributed by atoms with Crippen molar-refractivity contribution in [3.63, 3.8) is 0 Å². The molecule has 1 aliphatic carbocycles. The smallest absolute Gasteiger partial charge is 0.103 e. The first-order valence-electron chi connectivity index (χ1n) is 7.91. The predicted molar refractivity (Wildman–Crippen MR) is 87.9 cm³/mol. The number of ether oxygens (including phenoxy) is 2. The molecule has 0 N–H and O–H groups in total. The molecule has 0 radical (unpaired) electrons. The van der Waals surface area contributed by atoms with Crippen LogP contribution in [0.1, 0.15) is 47.1 Å². The Morgan fingerprint density at radius 3 is 2.19 bits per heavy atom. The second-order valence-corrected chi connectivity index (χ2v) is 7.03. The summed E-state index contributed by atoms with van der Waals surface area (Å²) in [6.07, 6.45) is 2.83. The minimum Gasteiger partial charge on any atom is -0.495 e. The van der Waals surface area contributed by atoms with E-state index in [0.717, 1.165) is 5.76 Å². The zero-order chi connectivity index (χ0) is 15.6. The highest BCUT2D eigenvalue weighted by molar-refractivity contribution is 5.53. The van der Waals surface area contributed by atoms with Gasteiger partial charge in [0.15, 0.2) is 0 Å². The number of hydrogen-bond donors (Lipinski definition) is 0. The van der Waals surface area contributed by atoms with Crippen LogP contribution in [0.3, 0.4) is 0 Å². The average Bonchev–Trinajstić information content (AvgIpc) is 2.89. The normalized spacial score (nSPS) is 24.5. The van der Waals surface area contributed by atoms with E-state index in [1.165, 1.54) is 5.56 Å². The molecule has 0 aliphatic heterocycles. The van der Waals surface area contributed by atoms with Gasteiger partial charge in [0.1, 0.15) is 5.76 Å². The molecule has 2 heteroatoms. The maximum atomic E-state index is 6.11. The van der Waals surface area contributed by atoms with E-state index in [9.17, 15) is 0 Å². The zero-order valence-electron chi connectivity index (χ0n) is 14.1. The van der Waals surface area contributed by atoms with Crippen molar-refractivity contribution in [3.05, 3.63) is 41.7 Å². The second kappa shape index (κ2) is 6.23. The van der Waals surface area contributed by atoms with Gasteiger partial charge in [0, 0.05) is 5.41 Å². The lowest BCUT2D eigenvalue weighted by Crippen LogP contribution is -2.10. The van der Waals surface area contributed by atoms with Gasteiger partial charge in [-0.2, -0.15) is 0 Å². The third-order valence-electron chi connectivity index (χ3n) is 3.93. The van der Waals surface area contributed by atoms with Crippen LogP contribution in [0.2, 0.25) is 0 Å². The summed E-state index contributed by atoms with van der Waals surface area (Å²) >= 11 is 0. The first-order valence-corrected chi connectivity index (χ1v) is 7.91. The van der Waals surface area contributed by atoms with Crippen molar-refractivity contribution in [1.82, 2.24) is 0 Å². The van der Waals surface area contributed by atoms with E-state index in [2.05, 4.69) is 71.9 Å². The molecular weight excluding hydrogens is 260 g/mol. The molecule has 2 unspecified atom stereocenters. The summed E-state index contributed by atoms with van der Waals surface area (Å²) in [4.78, 5) is 0. The minimum atomic E-state index is 0.139. The fraction of sp³-hybridized carbons (Fsp3) is 0.579. The van der Waals surface area contributed by atoms with E-state index < -0.39 is 0 Å². The summed E-state index contributed by atoms with van der Waals surface area (Å²) < 4.78 is 12.2. The molecule has 0 bridgehead atoms. The van der Waals surface area contributed by atoms with Crippen LogP contribution in [0, 0.1) is 11.3 Å². The molecule has 1 aromatic carbocycles. The monoisotopic (exact) mass is 288 g/mol. The maximum absolute atomic E-state index is 6.11. The standard InChI is InChI=1S/C19H28O2/c1-13(2)20-16(12-15-10-8-7-9-11-15)17-18(19(17,5)6)21-14(3)4/h7-14,17-18H,1-6H3/b16-12+. The summed E-state index contributed by atoms with van der Waals surface area (Å²) in [6, 6.07) is 10.4. The Balaban J connectivity index is 2.23. The first-order chi connectivity index (χ1) is 9.82. The van der Waals surface area contributed by atoms with Crippen molar-refractivity contribution in [1.29, 1.82) is 0 Å². The maximum Gasteiger partial charge on any atom is 0.103 e. The third-order valence-corrected chi connectivity index (χ3v) is 3.93. The van der Waals surface area contributed by atoms with E-state index in [1.54, 1.807) is 0 Å². The molecule has 116 valence electrons. The first kappa shape index (κ1) is 16.1. The van der Waals surface area contributed by atoms with E-state index in [1.807, 2.05) is 6.07 Å². The summed E-state index contributed by atoms with van der Waals surface area (Å²) in [5.74, 6) is 1.38. The third kappa shape index (κ3) is 3.88. The van der Waals surface area contributed by atoms with Crippen molar-refractivity contribution < 1.29 is 9.47 Å². The van der Waals surface area contributed by atoms with Gasteiger partial charge < -0.3 is 9.47 Å². The molecule has 0 amide bonds. The molecule has 1 saturated carbocycles. The van der Waals surface area contributed by atoms with Gasteiger partial charge in [-0.15, -0.1) is 0 Å². The van der Waals surface area contributed by atoms with Crippen molar-refractivity contribution in [3.8, 4) is 0 Å². The van der Waals surface area contributed by atoms with Gasteiger partial charge in [0.05, 0.1) is 24.2 Å². The second-order valence-electron chi connectivity index (χ2n) is 7.03. The molecule has 1 fully saturated rings. The molecule has 2 rings (SSSR count). The number of rotatable bonds is 6. The summed E-state index contributed by atoms with van der Waals surface area (Å²) in [5, 5.41) is 0. The van der Waals surface area contributed by atoms with Crippen LogP contribution < -0.4 is 0 Å². The van der Waals surface area contributed by atoms with E-state index in [4.69, 9.17) is 9.47 Å². The van der Waals surface area contributed by atoms with E-state index in [-0.39, 0.29) is 23.7 Å². The topological polar surface area (TPSA) is 18.5 Å². The van der Waals surface area contributed by atoms with Crippen molar-refractivity contribution >= 4 is 6.08 Å². The molecule has 2 atom stereocenters. The SMILES string of the molecule is CC(C)O/C(=C/c1ccccc1)C1C(OC(C)C)C1(C)C. The van der Waals surface area contributed by atoms with Crippen LogP contribution in [0.15, 0.2) is 36.1 Å². The van der Waals surface area contributed by atoms with Gasteiger partial charge in [-0.25, -0.2) is 0 Å². The molecular formula is C19H28O2. The molecule has 1 aromatic rings. The highest BCUT2D eigenvalue weighted by atomic mass is 16.5. The Hall–Kier alpha value is -1.28. The van der Waals surface area contributed by atoms with Gasteiger partial charge in [0.25, 0.3) is 0 Å². The molecule has 0 spiro atoms. The fourth-order valence-corrected chi connectivity index (χ4v) is 2.84. The van der Waals surface area contributed by atoms with Crippen molar-refractivity contribution in [2.24, 2.45) is 11.3 Å². The van der Waals surface area contributed by atoms with Crippen LogP contribution in [-0.4, -0.2) is 18.3 Å². The fourth-order valence-electron chi connectivity index (χ4n) is 2.84. The van der Waals surface area contributed by atoms with Gasteiger partial charge in [-0.05, 0) is 39.3 Å². The Labute approximate surface area is 129 Å². The van der Waals surface area contributed by atoms with E-state index >= 15 is 0 Å². The minimum absolute atomic E-state index is 0.139. The molecule has 0 aromatic heterocycles. The van der Waals surface area contributed by atoms with Gasteiger partial charge >= 0.3 is 0 Å². The average molecular weight is 288 g/mol. The Morgan fingerprint density at radius 1 is 1.05 bits per heavy atom. The van der Waals surface area contributed by atoms with Crippen molar-refractivity contribution in [2.75, 3.05) is 0 Å². The molecule has 0 heterocycles. The largest absolute Gasteiger partial charge is 0.495 e. The van der Waals surface area contributed by atoms with Crippen LogP contribution >= 0.6 is 0 Å². The summed E-state index contributed by atoms with van der Waals surface area (Å²) in [5.41, 5.74) is 1.32. The lowest BCUT2D eigenvalue weighted by molar-refractivity contribution is 0.0380. The Morgan fingerprint density at radius 2 is 1.67 bits per heavy atom.